The first kappa shape index (κ1) is 20.0. The predicted octanol–water partition coefficient (Wildman–Crippen LogP) is 3.31. The van der Waals surface area contributed by atoms with Crippen LogP contribution in [0.3, 0.4) is 0 Å². The van der Waals surface area contributed by atoms with Crippen molar-refractivity contribution in [3.05, 3.63) is 99.9 Å². The summed E-state index contributed by atoms with van der Waals surface area (Å²) in [5, 5.41) is 22.9. The number of hydrogen-bond acceptors (Lipinski definition) is 5. The molecule has 1 N–H and O–H groups in total. The number of carbonyl (C=O) groups is 1. The van der Waals surface area contributed by atoms with Gasteiger partial charge in [-0.05, 0) is 39.7 Å². The minimum Gasteiger partial charge on any atom is -0.618 e. The summed E-state index contributed by atoms with van der Waals surface area (Å²) in [5.74, 6) is -0.476. The van der Waals surface area contributed by atoms with E-state index in [-0.39, 0.29) is 12.3 Å². The Labute approximate surface area is 170 Å². The second kappa shape index (κ2) is 9.45. The summed E-state index contributed by atoms with van der Waals surface area (Å²) >= 11 is 3.19. The Bertz CT molecular complexity index is 921. The molecule has 0 spiro atoms. The van der Waals surface area contributed by atoms with Crippen LogP contribution in [-0.4, -0.2) is 17.2 Å². The van der Waals surface area contributed by atoms with Crippen molar-refractivity contribution in [2.45, 2.75) is 18.8 Å². The number of rotatable bonds is 7. The minimum atomic E-state index is -1.51. The number of esters is 1. The molecule has 3 aromatic rings. The third-order valence-corrected chi connectivity index (χ3v) is 4.43. The summed E-state index contributed by atoms with van der Waals surface area (Å²) in [7, 11) is 0. The molecule has 2 aromatic carbocycles. The zero-order valence-electron chi connectivity index (χ0n) is 14.8. The van der Waals surface area contributed by atoms with Crippen LogP contribution < -0.4 is 9.47 Å². The smallest absolute Gasteiger partial charge is 0.344 e. The number of ether oxygens (including phenoxy) is 2. The second-order valence-electron chi connectivity index (χ2n) is 5.99. The summed E-state index contributed by atoms with van der Waals surface area (Å²) in [4.78, 5) is 12.7. The van der Waals surface area contributed by atoms with Gasteiger partial charge in [0.25, 0.3) is 0 Å². The van der Waals surface area contributed by atoms with Crippen LogP contribution in [-0.2, 0) is 16.1 Å². The molecule has 0 radical (unpaired) electrons. The fourth-order valence-electron chi connectivity index (χ4n) is 2.56. The third kappa shape index (κ3) is 5.16. The first-order valence-electron chi connectivity index (χ1n) is 8.53. The van der Waals surface area contributed by atoms with Gasteiger partial charge in [-0.3, -0.25) is 0 Å². The van der Waals surface area contributed by atoms with E-state index in [2.05, 4.69) is 15.9 Å². The fourth-order valence-corrected chi connectivity index (χ4v) is 2.88. The van der Waals surface area contributed by atoms with Crippen LogP contribution in [0.15, 0.2) is 83.5 Å². The van der Waals surface area contributed by atoms with Crippen molar-refractivity contribution in [1.82, 2.24) is 0 Å². The minimum absolute atomic E-state index is 0.0220. The number of benzene rings is 2. The normalized spacial score (nSPS) is 12.9. The SMILES string of the molecule is O=C(Oc1ccccc1)[C@H](OCc1ccccc1)[C@H](O)c1ccc(Br)c[n+]1[O-]. The van der Waals surface area contributed by atoms with Gasteiger partial charge in [-0.25, -0.2) is 4.79 Å². The second-order valence-corrected chi connectivity index (χ2v) is 6.91. The molecule has 0 amide bonds. The molecule has 0 unspecified atom stereocenters. The van der Waals surface area contributed by atoms with E-state index < -0.39 is 18.2 Å². The summed E-state index contributed by atoms with van der Waals surface area (Å²) in [6.45, 7) is 0.0713. The van der Waals surface area contributed by atoms with Crippen molar-refractivity contribution in [2.75, 3.05) is 0 Å². The van der Waals surface area contributed by atoms with E-state index in [9.17, 15) is 15.1 Å². The van der Waals surface area contributed by atoms with Crippen LogP contribution in [0.2, 0.25) is 0 Å². The highest BCUT2D eigenvalue weighted by atomic mass is 79.9. The molecule has 0 saturated carbocycles. The lowest BCUT2D eigenvalue weighted by Crippen LogP contribution is -2.41. The highest BCUT2D eigenvalue weighted by molar-refractivity contribution is 9.10. The molecule has 144 valence electrons. The highest BCUT2D eigenvalue weighted by Crippen LogP contribution is 2.22. The van der Waals surface area contributed by atoms with E-state index >= 15 is 0 Å². The maximum absolute atomic E-state index is 12.7. The van der Waals surface area contributed by atoms with Crippen molar-refractivity contribution < 1.29 is 24.1 Å². The molecule has 0 fully saturated rings. The Kier molecular flexibility index (Phi) is 6.76. The summed E-state index contributed by atoms with van der Waals surface area (Å²) in [6, 6.07) is 20.7. The Morgan fingerprint density at radius 1 is 1.04 bits per heavy atom. The van der Waals surface area contributed by atoms with E-state index in [0.29, 0.717) is 15.0 Å². The fraction of sp³-hybridized carbons (Fsp3) is 0.143. The topological polar surface area (TPSA) is 82.7 Å². The molecular weight excluding hydrogens is 426 g/mol. The van der Waals surface area contributed by atoms with E-state index in [4.69, 9.17) is 9.47 Å². The van der Waals surface area contributed by atoms with E-state index in [1.807, 2.05) is 30.3 Å². The monoisotopic (exact) mass is 443 g/mol. The molecular formula is C21H18BrNO5. The summed E-state index contributed by atoms with van der Waals surface area (Å²) < 4.78 is 12.0. The standard InChI is InChI=1S/C21H18BrNO5/c22-16-11-12-18(23(26)13-16)19(24)20(27-14-15-7-3-1-4-8-15)21(25)28-17-9-5-2-6-10-17/h1-13,19-20,24H,14H2/t19-,20-/m1/s1. The van der Waals surface area contributed by atoms with Crippen LogP contribution in [0.5, 0.6) is 5.75 Å². The molecule has 0 saturated heterocycles. The molecule has 1 aromatic heterocycles. The quantitative estimate of drug-likeness (QED) is 0.262. The van der Waals surface area contributed by atoms with Gasteiger partial charge in [0.2, 0.25) is 5.69 Å². The average molecular weight is 444 g/mol. The lowest BCUT2D eigenvalue weighted by Gasteiger charge is -2.21. The Morgan fingerprint density at radius 2 is 1.68 bits per heavy atom. The largest absolute Gasteiger partial charge is 0.618 e. The molecule has 3 rings (SSSR count). The number of aromatic nitrogens is 1. The van der Waals surface area contributed by atoms with E-state index in [1.165, 1.54) is 12.3 Å². The molecule has 0 aliphatic rings. The van der Waals surface area contributed by atoms with Gasteiger partial charge in [0, 0.05) is 6.07 Å². The van der Waals surface area contributed by atoms with Gasteiger partial charge < -0.3 is 19.8 Å². The number of nitrogens with zero attached hydrogens (tertiary/aromatic N) is 1. The molecule has 2 atom stereocenters. The van der Waals surface area contributed by atoms with Crippen LogP contribution in [0.4, 0.5) is 0 Å². The van der Waals surface area contributed by atoms with Crippen LogP contribution >= 0.6 is 15.9 Å². The molecule has 7 heteroatoms. The van der Waals surface area contributed by atoms with Crippen molar-refractivity contribution in [2.24, 2.45) is 0 Å². The zero-order chi connectivity index (χ0) is 19.9. The number of carbonyl (C=O) groups excluding carboxylic acids is 1. The lowest BCUT2D eigenvalue weighted by atomic mass is 10.1. The number of pyridine rings is 1. The van der Waals surface area contributed by atoms with Crippen molar-refractivity contribution >= 4 is 21.9 Å². The van der Waals surface area contributed by atoms with Gasteiger partial charge in [0.1, 0.15) is 5.75 Å². The number of halogens is 1. The Balaban J connectivity index is 1.83. The molecule has 0 aliphatic carbocycles. The van der Waals surface area contributed by atoms with Crippen molar-refractivity contribution in [3.63, 3.8) is 0 Å². The van der Waals surface area contributed by atoms with E-state index in [1.54, 1.807) is 36.4 Å². The van der Waals surface area contributed by atoms with Crippen LogP contribution in [0.25, 0.3) is 0 Å². The van der Waals surface area contributed by atoms with Crippen molar-refractivity contribution in [1.29, 1.82) is 0 Å². The first-order chi connectivity index (χ1) is 13.5. The predicted molar refractivity (Wildman–Crippen MR) is 105 cm³/mol. The van der Waals surface area contributed by atoms with E-state index in [0.717, 1.165) is 5.56 Å². The zero-order valence-corrected chi connectivity index (χ0v) is 16.4. The van der Waals surface area contributed by atoms with Crippen LogP contribution in [0, 0.1) is 5.21 Å². The first-order valence-corrected chi connectivity index (χ1v) is 9.33. The number of aliphatic hydroxyl groups is 1. The summed E-state index contributed by atoms with van der Waals surface area (Å²) in [6.07, 6.45) is -1.65. The third-order valence-electron chi connectivity index (χ3n) is 3.96. The molecule has 0 bridgehead atoms. The molecule has 0 aliphatic heterocycles. The van der Waals surface area contributed by atoms with Crippen LogP contribution in [0.1, 0.15) is 17.4 Å². The van der Waals surface area contributed by atoms with Gasteiger partial charge in [-0.15, -0.1) is 0 Å². The molecule has 6 nitrogen and oxygen atoms in total. The number of hydrogen-bond donors (Lipinski definition) is 1. The van der Waals surface area contributed by atoms with Gasteiger partial charge in [0.15, 0.2) is 18.4 Å². The van der Waals surface area contributed by atoms with Crippen molar-refractivity contribution in [3.8, 4) is 5.75 Å². The van der Waals surface area contributed by atoms with Gasteiger partial charge >= 0.3 is 5.97 Å². The van der Waals surface area contributed by atoms with Gasteiger partial charge in [-0.1, -0.05) is 48.5 Å². The Hall–Kier alpha value is -2.74. The van der Waals surface area contributed by atoms with Gasteiger partial charge in [0.05, 0.1) is 11.1 Å². The highest BCUT2D eigenvalue weighted by Gasteiger charge is 2.35. The lowest BCUT2D eigenvalue weighted by molar-refractivity contribution is -0.619. The summed E-state index contributed by atoms with van der Waals surface area (Å²) in [5.41, 5.74) is 0.796. The average Bonchev–Trinajstić information content (AvgIpc) is 2.69. The molecule has 1 heterocycles. The van der Waals surface area contributed by atoms with Gasteiger partial charge in [-0.2, -0.15) is 4.73 Å². The number of para-hydroxylation sites is 1. The Morgan fingerprint density at radius 3 is 2.32 bits per heavy atom. The number of aliphatic hydroxyl groups excluding tert-OH is 1. The maximum Gasteiger partial charge on any atom is 0.344 e. The molecule has 28 heavy (non-hydrogen) atoms. The maximum atomic E-state index is 12.7.